The van der Waals surface area contributed by atoms with Gasteiger partial charge in [-0.3, -0.25) is 4.79 Å². The molecule has 2 heterocycles. The fraction of sp³-hybridized carbons (Fsp3) is 0.941. The van der Waals surface area contributed by atoms with Crippen molar-refractivity contribution in [2.75, 3.05) is 32.4 Å². The van der Waals surface area contributed by atoms with Gasteiger partial charge in [-0.2, -0.15) is 4.31 Å². The highest BCUT2D eigenvalue weighted by atomic mass is 32.2. The number of hydrogen-bond acceptors (Lipinski definition) is 4. The lowest BCUT2D eigenvalue weighted by atomic mass is 9.90. The Balaban J connectivity index is 2.10. The van der Waals surface area contributed by atoms with Crippen LogP contribution in [-0.4, -0.2) is 79.0 Å². The second kappa shape index (κ2) is 7.70. The van der Waals surface area contributed by atoms with Crippen molar-refractivity contribution in [3.63, 3.8) is 0 Å². The van der Waals surface area contributed by atoms with E-state index in [-0.39, 0.29) is 23.6 Å². The van der Waals surface area contributed by atoms with Gasteiger partial charge in [0.2, 0.25) is 15.9 Å². The van der Waals surface area contributed by atoms with Gasteiger partial charge in [0.1, 0.15) is 6.04 Å². The molecule has 2 saturated heterocycles. The third-order valence-electron chi connectivity index (χ3n) is 5.77. The lowest BCUT2D eigenvalue weighted by Crippen LogP contribution is -2.60. The Morgan fingerprint density at radius 2 is 1.75 bits per heavy atom. The van der Waals surface area contributed by atoms with Crippen LogP contribution in [0.25, 0.3) is 0 Å². The van der Waals surface area contributed by atoms with Gasteiger partial charge < -0.3 is 9.80 Å². The fourth-order valence-electron chi connectivity index (χ4n) is 3.99. The van der Waals surface area contributed by atoms with Gasteiger partial charge in [-0.05, 0) is 46.0 Å². The van der Waals surface area contributed by atoms with Gasteiger partial charge in [-0.25, -0.2) is 8.42 Å². The molecule has 0 aromatic rings. The van der Waals surface area contributed by atoms with Crippen LogP contribution in [0, 0.1) is 5.92 Å². The molecule has 2 atom stereocenters. The van der Waals surface area contributed by atoms with Crippen LogP contribution < -0.4 is 0 Å². The molecule has 0 aliphatic carbocycles. The first-order valence-corrected chi connectivity index (χ1v) is 10.8. The zero-order valence-electron chi connectivity index (χ0n) is 15.7. The number of sulfonamides is 1. The van der Waals surface area contributed by atoms with Crippen LogP contribution in [0.2, 0.25) is 0 Å². The molecule has 7 heteroatoms. The minimum absolute atomic E-state index is 0.00345. The van der Waals surface area contributed by atoms with Crippen molar-refractivity contribution in [2.45, 2.75) is 65.1 Å². The van der Waals surface area contributed by atoms with Crippen molar-refractivity contribution < 1.29 is 13.2 Å². The van der Waals surface area contributed by atoms with E-state index in [1.807, 2.05) is 11.8 Å². The topological polar surface area (TPSA) is 60.9 Å². The van der Waals surface area contributed by atoms with E-state index in [1.165, 1.54) is 4.31 Å². The highest BCUT2D eigenvalue weighted by molar-refractivity contribution is 7.89. The number of amides is 1. The Labute approximate surface area is 147 Å². The number of hydrogen-bond donors (Lipinski definition) is 0. The standard InChI is InChI=1S/C17H33N3O3S/c1-6-24(22,23)18(5)16-14(4)7-12-20(17(16)21)15-8-10-19(11-9-15)13(2)3/h13-16H,6-12H2,1-5H3. The predicted octanol–water partition coefficient (Wildman–Crippen LogP) is 1.38. The van der Waals surface area contributed by atoms with Crippen LogP contribution in [-0.2, 0) is 14.8 Å². The third kappa shape index (κ3) is 3.94. The van der Waals surface area contributed by atoms with Gasteiger partial charge in [0.15, 0.2) is 0 Å². The van der Waals surface area contributed by atoms with Crippen molar-refractivity contribution >= 4 is 15.9 Å². The van der Waals surface area contributed by atoms with Crippen LogP contribution in [0.4, 0.5) is 0 Å². The average Bonchev–Trinajstić information content (AvgIpc) is 2.55. The SMILES string of the molecule is CCS(=O)(=O)N(C)C1C(=O)N(C2CCN(C(C)C)CC2)CCC1C. The molecular weight excluding hydrogens is 326 g/mol. The zero-order chi connectivity index (χ0) is 18.1. The first-order valence-electron chi connectivity index (χ1n) is 9.19. The van der Waals surface area contributed by atoms with E-state index in [0.717, 1.165) is 38.9 Å². The van der Waals surface area contributed by atoms with Gasteiger partial charge in [-0.15, -0.1) is 0 Å². The van der Waals surface area contributed by atoms with Crippen LogP contribution >= 0.6 is 0 Å². The minimum atomic E-state index is -3.36. The van der Waals surface area contributed by atoms with Crippen molar-refractivity contribution in [1.82, 2.24) is 14.1 Å². The summed E-state index contributed by atoms with van der Waals surface area (Å²) in [4.78, 5) is 17.5. The van der Waals surface area contributed by atoms with E-state index >= 15 is 0 Å². The molecule has 2 aliphatic heterocycles. The first-order chi connectivity index (χ1) is 11.2. The van der Waals surface area contributed by atoms with Gasteiger partial charge in [0, 0.05) is 38.8 Å². The van der Waals surface area contributed by atoms with Crippen molar-refractivity contribution in [1.29, 1.82) is 0 Å². The minimum Gasteiger partial charge on any atom is -0.338 e. The van der Waals surface area contributed by atoms with Crippen molar-refractivity contribution in [2.24, 2.45) is 5.92 Å². The summed E-state index contributed by atoms with van der Waals surface area (Å²) in [6.07, 6.45) is 2.83. The number of likely N-dealkylation sites (N-methyl/N-ethyl adjacent to an activating group) is 1. The van der Waals surface area contributed by atoms with Gasteiger partial charge >= 0.3 is 0 Å². The Kier molecular flexibility index (Phi) is 6.31. The summed E-state index contributed by atoms with van der Waals surface area (Å²) in [5, 5.41) is 0. The number of carbonyl (C=O) groups excluding carboxylic acids is 1. The molecule has 24 heavy (non-hydrogen) atoms. The average molecular weight is 360 g/mol. The Hall–Kier alpha value is -0.660. The lowest BCUT2D eigenvalue weighted by Gasteiger charge is -2.46. The van der Waals surface area contributed by atoms with Gasteiger partial charge in [0.25, 0.3) is 0 Å². The summed E-state index contributed by atoms with van der Waals surface area (Å²) in [6.45, 7) is 10.8. The van der Waals surface area contributed by atoms with E-state index in [2.05, 4.69) is 18.7 Å². The Bertz CT molecular complexity index is 541. The van der Waals surface area contributed by atoms with Crippen LogP contribution in [0.5, 0.6) is 0 Å². The van der Waals surface area contributed by atoms with Gasteiger partial charge in [-0.1, -0.05) is 6.92 Å². The van der Waals surface area contributed by atoms with E-state index in [1.54, 1.807) is 14.0 Å². The fourth-order valence-corrected chi connectivity index (χ4v) is 5.04. The molecule has 0 aromatic carbocycles. The normalized spacial score (nSPS) is 28.1. The number of piperidine rings is 2. The largest absolute Gasteiger partial charge is 0.338 e. The molecule has 2 rings (SSSR count). The third-order valence-corrected chi connectivity index (χ3v) is 7.60. The first kappa shape index (κ1) is 19.7. The summed E-state index contributed by atoms with van der Waals surface area (Å²) in [5.41, 5.74) is 0. The summed E-state index contributed by atoms with van der Waals surface area (Å²) in [6, 6.07) is 0.240. The molecule has 0 aromatic heterocycles. The number of carbonyl (C=O) groups is 1. The van der Waals surface area contributed by atoms with Crippen LogP contribution in [0.1, 0.15) is 47.0 Å². The van der Waals surface area contributed by atoms with Gasteiger partial charge in [0.05, 0.1) is 5.75 Å². The second-order valence-corrected chi connectivity index (χ2v) is 9.84. The number of rotatable bonds is 5. The quantitative estimate of drug-likeness (QED) is 0.744. The van der Waals surface area contributed by atoms with Crippen LogP contribution in [0.3, 0.4) is 0 Å². The maximum absolute atomic E-state index is 13.1. The predicted molar refractivity (Wildman–Crippen MR) is 96.2 cm³/mol. The summed E-state index contributed by atoms with van der Waals surface area (Å²) in [7, 11) is -1.80. The molecule has 0 N–H and O–H groups in total. The van der Waals surface area contributed by atoms with Crippen molar-refractivity contribution in [3.8, 4) is 0 Å². The van der Waals surface area contributed by atoms with Crippen LogP contribution in [0.15, 0.2) is 0 Å². The number of nitrogens with zero attached hydrogens (tertiary/aromatic N) is 3. The molecule has 140 valence electrons. The molecule has 2 fully saturated rings. The maximum Gasteiger partial charge on any atom is 0.241 e. The Morgan fingerprint density at radius 3 is 2.25 bits per heavy atom. The highest BCUT2D eigenvalue weighted by Crippen LogP contribution is 2.29. The van der Waals surface area contributed by atoms with E-state index in [9.17, 15) is 13.2 Å². The molecular formula is C17H33N3O3S. The second-order valence-electron chi connectivity index (χ2n) is 7.52. The molecule has 0 spiro atoms. The summed E-state index contributed by atoms with van der Waals surface area (Å²) in [5.74, 6) is 0.0966. The smallest absolute Gasteiger partial charge is 0.241 e. The molecule has 6 nitrogen and oxygen atoms in total. The molecule has 0 bridgehead atoms. The molecule has 1 amide bonds. The Morgan fingerprint density at radius 1 is 1.17 bits per heavy atom. The monoisotopic (exact) mass is 359 g/mol. The summed E-state index contributed by atoms with van der Waals surface area (Å²) >= 11 is 0. The summed E-state index contributed by atoms with van der Waals surface area (Å²) < 4.78 is 25.8. The molecule has 2 unspecified atom stereocenters. The van der Waals surface area contributed by atoms with E-state index < -0.39 is 16.1 Å². The van der Waals surface area contributed by atoms with E-state index in [4.69, 9.17) is 0 Å². The van der Waals surface area contributed by atoms with E-state index in [0.29, 0.717) is 6.04 Å². The molecule has 0 radical (unpaired) electrons. The zero-order valence-corrected chi connectivity index (χ0v) is 16.6. The molecule has 2 aliphatic rings. The number of likely N-dealkylation sites (tertiary alicyclic amines) is 2. The highest BCUT2D eigenvalue weighted by Gasteiger charge is 2.43. The van der Waals surface area contributed by atoms with Crippen molar-refractivity contribution in [3.05, 3.63) is 0 Å². The lowest BCUT2D eigenvalue weighted by molar-refractivity contribution is -0.144. The maximum atomic E-state index is 13.1. The molecule has 0 saturated carbocycles.